The number of phenolic OH excluding ortho intramolecular Hbond substituents is 1. The van der Waals surface area contributed by atoms with E-state index in [1.807, 2.05) is 42.5 Å². The molecule has 1 saturated carbocycles. The number of Topliss-reactive ketones (excluding diaryl/α,β-unsaturated/α-hetero) is 1. The van der Waals surface area contributed by atoms with E-state index < -0.39 is 52.9 Å². The van der Waals surface area contributed by atoms with Crippen LogP contribution >= 0.6 is 31.9 Å². The van der Waals surface area contributed by atoms with Crippen molar-refractivity contribution in [2.45, 2.75) is 24.2 Å². The van der Waals surface area contributed by atoms with E-state index in [0.717, 1.165) is 7.11 Å². The van der Waals surface area contributed by atoms with Crippen molar-refractivity contribution in [2.24, 2.45) is 23.7 Å². The molecule has 2 fully saturated rings. The number of aromatic hydroxyl groups is 1. The van der Waals surface area contributed by atoms with Crippen molar-refractivity contribution in [3.8, 4) is 11.5 Å². The lowest BCUT2D eigenvalue weighted by atomic mass is 9.44. The first-order chi connectivity index (χ1) is 23.1. The molecular formula is C37H29Br2NO8. The second-order valence-electron chi connectivity index (χ2n) is 12.4. The van der Waals surface area contributed by atoms with Crippen molar-refractivity contribution in [1.29, 1.82) is 0 Å². The fourth-order valence-electron chi connectivity index (χ4n) is 8.47. The molecule has 1 aliphatic heterocycles. The van der Waals surface area contributed by atoms with Gasteiger partial charge in [-0.25, -0.2) is 4.79 Å². The van der Waals surface area contributed by atoms with E-state index in [-0.39, 0.29) is 46.0 Å². The van der Waals surface area contributed by atoms with Gasteiger partial charge in [0.15, 0.2) is 23.1 Å². The molecule has 1 saturated heterocycles. The summed E-state index contributed by atoms with van der Waals surface area (Å²) in [5, 5.41) is 10.9. The molecule has 0 unspecified atom stereocenters. The molecule has 3 aromatic carbocycles. The lowest BCUT2D eigenvalue weighted by Gasteiger charge is -2.55. The average Bonchev–Trinajstić information content (AvgIpc) is 3.37. The summed E-state index contributed by atoms with van der Waals surface area (Å²) in [5.74, 6) is -6.21. The number of likely N-dealkylation sites (tertiary alicyclic amines) is 1. The van der Waals surface area contributed by atoms with E-state index >= 15 is 4.79 Å². The third-order valence-corrected chi connectivity index (χ3v) is 12.6. The summed E-state index contributed by atoms with van der Waals surface area (Å²) in [6, 6.07) is 19.8. The Morgan fingerprint density at radius 1 is 0.917 bits per heavy atom. The topological polar surface area (TPSA) is 127 Å². The maximum atomic E-state index is 15.1. The predicted molar refractivity (Wildman–Crippen MR) is 181 cm³/mol. The van der Waals surface area contributed by atoms with E-state index in [2.05, 4.69) is 31.9 Å². The van der Waals surface area contributed by atoms with E-state index in [4.69, 9.17) is 9.47 Å². The first-order valence-corrected chi connectivity index (χ1v) is 17.0. The third-order valence-electron chi connectivity index (χ3n) is 10.4. The predicted octanol–water partition coefficient (Wildman–Crippen LogP) is 6.52. The van der Waals surface area contributed by atoms with Gasteiger partial charge < -0.3 is 14.6 Å². The number of nitrogens with zero attached hydrogens (tertiary/aromatic N) is 1. The van der Waals surface area contributed by atoms with Gasteiger partial charge in [-0.3, -0.25) is 19.2 Å². The molecular weight excluding hydrogens is 746 g/mol. The molecule has 3 aliphatic carbocycles. The van der Waals surface area contributed by atoms with Crippen LogP contribution in [0.4, 0.5) is 4.79 Å². The van der Waals surface area contributed by atoms with Crippen molar-refractivity contribution in [3.05, 3.63) is 110 Å². The second kappa shape index (κ2) is 12.0. The van der Waals surface area contributed by atoms with Crippen molar-refractivity contribution in [1.82, 2.24) is 4.90 Å². The first-order valence-electron chi connectivity index (χ1n) is 15.4. The molecule has 0 bridgehead atoms. The zero-order valence-electron chi connectivity index (χ0n) is 25.8. The molecule has 0 radical (unpaired) electrons. The Balaban J connectivity index is 1.55. The van der Waals surface area contributed by atoms with Gasteiger partial charge >= 0.3 is 6.09 Å². The number of ketones is 2. The number of ether oxygens (including phenoxy) is 2. The van der Waals surface area contributed by atoms with Crippen LogP contribution in [0.1, 0.15) is 35.4 Å². The van der Waals surface area contributed by atoms with Gasteiger partial charge in [-0.15, -0.1) is 0 Å². The molecule has 6 atom stereocenters. The van der Waals surface area contributed by atoms with Gasteiger partial charge in [-0.2, -0.15) is 4.90 Å². The summed E-state index contributed by atoms with van der Waals surface area (Å²) in [7, 11) is 2.52. The van der Waals surface area contributed by atoms with Crippen molar-refractivity contribution in [2.75, 3.05) is 14.2 Å². The van der Waals surface area contributed by atoms with Crippen molar-refractivity contribution < 1.29 is 38.6 Å². The van der Waals surface area contributed by atoms with Crippen molar-refractivity contribution >= 4 is 66.9 Å². The minimum atomic E-state index is -1.48. The van der Waals surface area contributed by atoms with Gasteiger partial charge in [-0.05, 0) is 79.5 Å². The zero-order valence-corrected chi connectivity index (χ0v) is 29.0. The largest absolute Gasteiger partial charge is 0.503 e. The van der Waals surface area contributed by atoms with E-state index in [0.29, 0.717) is 31.6 Å². The fraction of sp³-hybridized carbons (Fsp3) is 0.270. The number of fused-ring (bicyclic) bond motifs is 4. The SMILES string of the molecule is COC(=O)N1C(=O)[C@H]2[C@H](CC=C3[C@H]2C[C@H]2C(=O)C(c4ccccc4)=CC(=O)[C@@]2(c2ccccc2)[C@H]3c2cc(OC)c(O)c(Br)c2Br)C1=O. The van der Waals surface area contributed by atoms with Crippen LogP contribution in [0.3, 0.4) is 0 Å². The minimum absolute atomic E-state index is 0.0786. The lowest BCUT2D eigenvalue weighted by molar-refractivity contribution is -0.138. The number of allylic oxidation sites excluding steroid dienone is 4. The molecule has 3 amide bonds. The van der Waals surface area contributed by atoms with Crippen molar-refractivity contribution in [3.63, 3.8) is 0 Å². The van der Waals surface area contributed by atoms with Crippen LogP contribution in [0, 0.1) is 23.7 Å². The second-order valence-corrected chi connectivity index (χ2v) is 14.0. The maximum absolute atomic E-state index is 15.1. The highest BCUT2D eigenvalue weighted by molar-refractivity contribution is 9.13. The quantitative estimate of drug-likeness (QED) is 0.235. The van der Waals surface area contributed by atoms with Crippen LogP contribution < -0.4 is 4.74 Å². The van der Waals surface area contributed by atoms with E-state index in [1.165, 1.54) is 13.2 Å². The molecule has 3 aromatic rings. The summed E-state index contributed by atoms with van der Waals surface area (Å²) >= 11 is 7.15. The number of phenols is 1. The number of amides is 3. The number of methoxy groups -OCH3 is 2. The number of imide groups is 3. The van der Waals surface area contributed by atoms with E-state index in [9.17, 15) is 24.3 Å². The number of hydrogen-bond acceptors (Lipinski definition) is 8. The Bertz CT molecular complexity index is 1970. The Kier molecular flexibility index (Phi) is 8.03. The van der Waals surface area contributed by atoms with Crippen LogP contribution in [0.25, 0.3) is 5.57 Å². The monoisotopic (exact) mass is 773 g/mol. The zero-order chi connectivity index (χ0) is 34.1. The normalized spacial score (nSPS) is 27.8. The number of rotatable bonds is 4. The lowest BCUT2D eigenvalue weighted by Crippen LogP contribution is -2.59. The van der Waals surface area contributed by atoms with Crippen LogP contribution in [0.5, 0.6) is 11.5 Å². The van der Waals surface area contributed by atoms with Gasteiger partial charge in [0.1, 0.15) is 0 Å². The highest BCUT2D eigenvalue weighted by atomic mass is 79.9. The summed E-state index contributed by atoms with van der Waals surface area (Å²) in [4.78, 5) is 70.8. The Morgan fingerprint density at radius 2 is 1.58 bits per heavy atom. The smallest absolute Gasteiger partial charge is 0.423 e. The number of carbonyl (C=O) groups is 5. The van der Waals surface area contributed by atoms with Gasteiger partial charge in [0.25, 0.3) is 0 Å². The van der Waals surface area contributed by atoms with E-state index in [1.54, 1.807) is 30.3 Å². The summed E-state index contributed by atoms with van der Waals surface area (Å²) < 4.78 is 11.1. The minimum Gasteiger partial charge on any atom is -0.503 e. The van der Waals surface area contributed by atoms with Gasteiger partial charge in [0.2, 0.25) is 11.8 Å². The molecule has 4 aliphatic rings. The molecule has 7 rings (SSSR count). The molecule has 11 heteroatoms. The van der Waals surface area contributed by atoms with Gasteiger partial charge in [0.05, 0.1) is 35.9 Å². The molecule has 0 aromatic heterocycles. The molecule has 9 nitrogen and oxygen atoms in total. The number of carbonyl (C=O) groups excluding carboxylic acids is 5. The Hall–Kier alpha value is -4.35. The number of hydrogen-bond donors (Lipinski definition) is 1. The molecule has 0 spiro atoms. The highest BCUT2D eigenvalue weighted by Gasteiger charge is 2.66. The van der Waals surface area contributed by atoms with Gasteiger partial charge in [0, 0.05) is 21.9 Å². The van der Waals surface area contributed by atoms with Crippen LogP contribution in [0.15, 0.2) is 93.4 Å². The summed E-state index contributed by atoms with van der Waals surface area (Å²) in [6.07, 6.45) is 2.48. The maximum Gasteiger partial charge on any atom is 0.423 e. The molecule has 48 heavy (non-hydrogen) atoms. The molecule has 1 heterocycles. The third kappa shape index (κ3) is 4.43. The van der Waals surface area contributed by atoms with Crippen LogP contribution in [-0.4, -0.2) is 53.7 Å². The highest BCUT2D eigenvalue weighted by Crippen LogP contribution is 2.65. The summed E-state index contributed by atoms with van der Waals surface area (Å²) in [5.41, 5.74) is 1.23. The average molecular weight is 775 g/mol. The molecule has 244 valence electrons. The standard InChI is InChI=1S/C37H29Br2NO8/c1-47-26-16-24(30(38)31(39)33(26)43)29-20-13-14-21-28(35(45)40(34(21)44)36(46)48-2)23(20)15-25-32(42)22(18-9-5-3-6-10-18)17-27(41)37(25,29)19-11-7-4-8-12-19/h3-13,16-17,21,23,25,28-29,43H,14-15H2,1-2H3/t21-,23+,25-,28-,29+,37-/m0/s1. The van der Waals surface area contributed by atoms with Crippen LogP contribution in [-0.2, 0) is 29.3 Å². The summed E-state index contributed by atoms with van der Waals surface area (Å²) in [6.45, 7) is 0. The fourth-order valence-corrected chi connectivity index (χ4v) is 9.42. The number of halogens is 2. The molecule has 1 N–H and O–H groups in total. The number of benzene rings is 3. The Morgan fingerprint density at radius 3 is 2.23 bits per heavy atom. The van der Waals surface area contributed by atoms with Crippen LogP contribution in [0.2, 0.25) is 0 Å². The Labute approximate surface area is 292 Å². The first kappa shape index (κ1) is 32.2. The van der Waals surface area contributed by atoms with Gasteiger partial charge in [-0.1, -0.05) is 72.3 Å².